The Morgan fingerprint density at radius 3 is 2.57 bits per heavy atom. The normalized spacial score (nSPS) is 10.6. The summed E-state index contributed by atoms with van der Waals surface area (Å²) in [6, 6.07) is 18.1. The number of hydrogen-bond donors (Lipinski definition) is 1. The van der Waals surface area contributed by atoms with E-state index >= 15 is 0 Å². The lowest BCUT2D eigenvalue weighted by Crippen LogP contribution is -2.12. The SMILES string of the molecule is COc1ccc2nc(-c3ccc(OC)c(NC(=O)c4ccccc4)c3)cn2n1. The molecule has 0 aliphatic carbocycles. The quantitative estimate of drug-likeness (QED) is 0.577. The van der Waals surface area contributed by atoms with Crippen LogP contribution >= 0.6 is 0 Å². The molecule has 4 aromatic rings. The molecule has 0 unspecified atom stereocenters. The average molecular weight is 374 g/mol. The Morgan fingerprint density at radius 2 is 1.82 bits per heavy atom. The minimum Gasteiger partial charge on any atom is -0.495 e. The van der Waals surface area contributed by atoms with Crippen LogP contribution in [0.3, 0.4) is 0 Å². The molecule has 1 amide bonds. The zero-order valence-electron chi connectivity index (χ0n) is 15.4. The summed E-state index contributed by atoms with van der Waals surface area (Å²) in [5.74, 6) is 0.857. The Hall–Kier alpha value is -3.87. The molecule has 140 valence electrons. The number of carbonyl (C=O) groups excluding carboxylic acids is 1. The van der Waals surface area contributed by atoms with Crippen molar-refractivity contribution in [2.75, 3.05) is 19.5 Å². The van der Waals surface area contributed by atoms with Gasteiger partial charge in [-0.3, -0.25) is 4.79 Å². The molecule has 2 aromatic heterocycles. The molecule has 0 aliphatic heterocycles. The van der Waals surface area contributed by atoms with Gasteiger partial charge in [0, 0.05) is 17.2 Å². The number of rotatable bonds is 5. The molecular formula is C21H18N4O3. The van der Waals surface area contributed by atoms with Gasteiger partial charge >= 0.3 is 0 Å². The van der Waals surface area contributed by atoms with E-state index in [1.54, 1.807) is 43.0 Å². The largest absolute Gasteiger partial charge is 0.495 e. The van der Waals surface area contributed by atoms with Gasteiger partial charge in [-0.1, -0.05) is 18.2 Å². The fraction of sp³-hybridized carbons (Fsp3) is 0.0952. The van der Waals surface area contributed by atoms with Gasteiger partial charge in [-0.05, 0) is 36.4 Å². The van der Waals surface area contributed by atoms with E-state index < -0.39 is 0 Å². The number of benzene rings is 2. The number of imidazole rings is 1. The topological polar surface area (TPSA) is 77.8 Å². The predicted molar refractivity (Wildman–Crippen MR) is 106 cm³/mol. The third kappa shape index (κ3) is 3.37. The maximum absolute atomic E-state index is 12.5. The lowest BCUT2D eigenvalue weighted by Gasteiger charge is -2.11. The summed E-state index contributed by atoms with van der Waals surface area (Å²) >= 11 is 0. The third-order valence-corrected chi connectivity index (χ3v) is 4.28. The Morgan fingerprint density at radius 1 is 1.00 bits per heavy atom. The summed E-state index contributed by atoms with van der Waals surface area (Å²) in [5, 5.41) is 7.23. The second-order valence-electron chi connectivity index (χ2n) is 6.04. The van der Waals surface area contributed by atoms with Crippen molar-refractivity contribution in [1.29, 1.82) is 0 Å². The van der Waals surface area contributed by atoms with Crippen LogP contribution in [0.2, 0.25) is 0 Å². The summed E-state index contributed by atoms with van der Waals surface area (Å²) in [6.45, 7) is 0. The highest BCUT2D eigenvalue weighted by Crippen LogP contribution is 2.31. The Bertz CT molecular complexity index is 1140. The van der Waals surface area contributed by atoms with Gasteiger partial charge in [0.05, 0.1) is 31.8 Å². The molecule has 4 rings (SSSR count). The van der Waals surface area contributed by atoms with E-state index in [0.29, 0.717) is 28.5 Å². The van der Waals surface area contributed by atoms with Crippen molar-refractivity contribution >= 4 is 17.2 Å². The summed E-state index contributed by atoms with van der Waals surface area (Å²) in [5.41, 5.74) is 3.38. The number of nitrogens with zero attached hydrogens (tertiary/aromatic N) is 3. The number of carbonyl (C=O) groups is 1. The lowest BCUT2D eigenvalue weighted by atomic mass is 10.1. The van der Waals surface area contributed by atoms with Crippen molar-refractivity contribution in [1.82, 2.24) is 14.6 Å². The first-order valence-corrected chi connectivity index (χ1v) is 8.63. The van der Waals surface area contributed by atoms with E-state index in [-0.39, 0.29) is 5.91 Å². The van der Waals surface area contributed by atoms with Crippen LogP contribution in [0.1, 0.15) is 10.4 Å². The number of amides is 1. The molecule has 7 nitrogen and oxygen atoms in total. The zero-order chi connectivity index (χ0) is 19.5. The molecule has 0 atom stereocenters. The molecule has 0 aliphatic rings. The van der Waals surface area contributed by atoms with E-state index in [1.165, 1.54) is 0 Å². The molecule has 0 fully saturated rings. The number of fused-ring (bicyclic) bond motifs is 1. The molecule has 0 bridgehead atoms. The number of ether oxygens (including phenoxy) is 2. The van der Waals surface area contributed by atoms with Crippen LogP contribution in [0.25, 0.3) is 16.9 Å². The molecular weight excluding hydrogens is 356 g/mol. The molecule has 28 heavy (non-hydrogen) atoms. The molecule has 0 radical (unpaired) electrons. The maximum Gasteiger partial charge on any atom is 0.255 e. The monoisotopic (exact) mass is 374 g/mol. The summed E-state index contributed by atoms with van der Waals surface area (Å²) in [4.78, 5) is 17.1. The van der Waals surface area contributed by atoms with Crippen LogP contribution in [0, 0.1) is 0 Å². The van der Waals surface area contributed by atoms with Crippen LogP contribution in [0.5, 0.6) is 11.6 Å². The molecule has 0 saturated heterocycles. The van der Waals surface area contributed by atoms with Gasteiger partial charge in [0.2, 0.25) is 5.88 Å². The van der Waals surface area contributed by atoms with Crippen molar-refractivity contribution in [3.05, 3.63) is 72.4 Å². The second kappa shape index (κ2) is 7.40. The first-order chi connectivity index (χ1) is 13.7. The van der Waals surface area contributed by atoms with Gasteiger partial charge in [0.15, 0.2) is 5.65 Å². The molecule has 0 spiro atoms. The Labute approximate surface area is 161 Å². The lowest BCUT2D eigenvalue weighted by molar-refractivity contribution is 0.102. The molecule has 2 heterocycles. The zero-order valence-corrected chi connectivity index (χ0v) is 15.4. The highest BCUT2D eigenvalue weighted by atomic mass is 16.5. The average Bonchev–Trinajstić information content (AvgIpc) is 3.17. The first-order valence-electron chi connectivity index (χ1n) is 8.63. The number of nitrogens with one attached hydrogen (secondary N) is 1. The summed E-state index contributed by atoms with van der Waals surface area (Å²) in [7, 11) is 3.13. The minimum atomic E-state index is -0.211. The van der Waals surface area contributed by atoms with Crippen molar-refractivity contribution < 1.29 is 14.3 Å². The number of hydrogen-bond acceptors (Lipinski definition) is 5. The van der Waals surface area contributed by atoms with Crippen LogP contribution in [0.4, 0.5) is 5.69 Å². The third-order valence-electron chi connectivity index (χ3n) is 4.28. The number of anilines is 1. The van der Waals surface area contributed by atoms with Gasteiger partial charge in [-0.25, -0.2) is 9.50 Å². The van der Waals surface area contributed by atoms with Crippen molar-refractivity contribution in [3.63, 3.8) is 0 Å². The highest BCUT2D eigenvalue weighted by Gasteiger charge is 2.13. The van der Waals surface area contributed by atoms with Crippen LogP contribution < -0.4 is 14.8 Å². The fourth-order valence-electron chi connectivity index (χ4n) is 2.86. The standard InChI is InChI=1S/C21H18N4O3/c1-27-18-9-8-15(12-16(18)23-21(26)14-6-4-3-5-7-14)17-13-25-19(22-17)10-11-20(24-25)28-2/h3-13H,1-2H3,(H,23,26). The number of aromatic nitrogens is 3. The fourth-order valence-corrected chi connectivity index (χ4v) is 2.86. The van der Waals surface area contributed by atoms with Crippen LogP contribution in [0.15, 0.2) is 66.9 Å². The van der Waals surface area contributed by atoms with Crippen LogP contribution in [-0.4, -0.2) is 34.7 Å². The molecule has 0 saturated carbocycles. The molecule has 7 heteroatoms. The van der Waals surface area contributed by atoms with E-state index in [4.69, 9.17) is 9.47 Å². The van der Waals surface area contributed by atoms with Gasteiger partial charge in [0.1, 0.15) is 5.75 Å². The summed E-state index contributed by atoms with van der Waals surface area (Å²) < 4.78 is 12.2. The van der Waals surface area contributed by atoms with E-state index in [2.05, 4.69) is 15.4 Å². The van der Waals surface area contributed by atoms with Gasteiger partial charge in [0.25, 0.3) is 5.91 Å². The maximum atomic E-state index is 12.5. The van der Waals surface area contributed by atoms with E-state index in [9.17, 15) is 4.79 Å². The van der Waals surface area contributed by atoms with Crippen molar-refractivity contribution in [3.8, 4) is 22.9 Å². The highest BCUT2D eigenvalue weighted by molar-refractivity contribution is 6.05. The van der Waals surface area contributed by atoms with Gasteiger partial charge in [-0.15, -0.1) is 5.10 Å². The first kappa shape index (κ1) is 17.5. The molecule has 2 aromatic carbocycles. The van der Waals surface area contributed by atoms with Gasteiger partial charge in [-0.2, -0.15) is 0 Å². The van der Waals surface area contributed by atoms with Crippen molar-refractivity contribution in [2.45, 2.75) is 0 Å². The van der Waals surface area contributed by atoms with E-state index in [1.807, 2.05) is 42.6 Å². The van der Waals surface area contributed by atoms with E-state index in [0.717, 1.165) is 11.3 Å². The summed E-state index contributed by atoms with van der Waals surface area (Å²) in [6.07, 6.45) is 1.81. The minimum absolute atomic E-state index is 0.211. The smallest absolute Gasteiger partial charge is 0.255 e. The second-order valence-corrected chi connectivity index (χ2v) is 6.04. The predicted octanol–water partition coefficient (Wildman–Crippen LogP) is 3.67. The van der Waals surface area contributed by atoms with Crippen molar-refractivity contribution in [2.24, 2.45) is 0 Å². The Balaban J connectivity index is 1.69. The van der Waals surface area contributed by atoms with Crippen LogP contribution in [-0.2, 0) is 0 Å². The number of methoxy groups -OCH3 is 2. The Kier molecular flexibility index (Phi) is 4.63. The molecule has 1 N–H and O–H groups in total. The van der Waals surface area contributed by atoms with Gasteiger partial charge < -0.3 is 14.8 Å².